The van der Waals surface area contributed by atoms with Gasteiger partial charge in [0.25, 0.3) is 0 Å². The zero-order valence-corrected chi connectivity index (χ0v) is 5.99. The summed E-state index contributed by atoms with van der Waals surface area (Å²) in [5.74, 6) is 0. The van der Waals surface area contributed by atoms with Crippen molar-refractivity contribution < 1.29 is 0 Å². The first-order valence-corrected chi connectivity index (χ1v) is 2.57. The van der Waals surface area contributed by atoms with Crippen LogP contribution in [0.1, 0.15) is 28.2 Å². The molecule has 0 saturated carbocycles. The van der Waals surface area contributed by atoms with Crippen LogP contribution >= 0.6 is 0 Å². The van der Waals surface area contributed by atoms with E-state index in [1.807, 2.05) is 20.8 Å². The van der Waals surface area contributed by atoms with Gasteiger partial charge >= 0.3 is 0 Å². The van der Waals surface area contributed by atoms with Gasteiger partial charge in [0.15, 0.2) is 0 Å². The van der Waals surface area contributed by atoms with Crippen molar-refractivity contribution in [3.05, 3.63) is 30.5 Å². The van der Waals surface area contributed by atoms with E-state index in [4.69, 9.17) is 0 Å². The average molecular weight is 126 g/mol. The molecular weight excluding hydrogens is 108 g/mol. The smallest absolute Gasteiger partial charge is 0.0393 e. The van der Waals surface area contributed by atoms with Gasteiger partial charge in [-0.3, -0.25) is 0 Å². The molecule has 9 heavy (non-hydrogen) atoms. The van der Waals surface area contributed by atoms with Crippen molar-refractivity contribution in [1.82, 2.24) is 0 Å². The van der Waals surface area contributed by atoms with E-state index in [1.165, 1.54) is 5.57 Å². The second-order valence-corrected chi connectivity index (χ2v) is 1.70. The molecule has 0 saturated heterocycles. The zero-order valence-electron chi connectivity index (χ0n) is 5.99. The minimum atomic E-state index is 0. The average Bonchev–Trinajstić information content (AvgIpc) is 1.65. The Bertz CT molecular complexity index is 88.6. The van der Waals surface area contributed by atoms with E-state index < -0.39 is 0 Å². The maximum absolute atomic E-state index is 3.56. The Morgan fingerprint density at radius 2 is 1.56 bits per heavy atom. The molecule has 0 radical (unpaired) electrons. The Morgan fingerprint density at radius 1 is 1.44 bits per heavy atom. The van der Waals surface area contributed by atoms with Crippen LogP contribution in [0.3, 0.4) is 0 Å². The molecule has 0 aromatic carbocycles. The number of rotatable bonds is 0. The van der Waals surface area contributed by atoms with Crippen LogP contribution in [0.2, 0.25) is 0 Å². The van der Waals surface area contributed by atoms with Gasteiger partial charge in [-0.05, 0) is 26.8 Å². The van der Waals surface area contributed by atoms with E-state index in [2.05, 4.69) is 18.9 Å². The van der Waals surface area contributed by atoms with Crippen molar-refractivity contribution in [3.8, 4) is 0 Å². The molecule has 0 aliphatic carbocycles. The largest absolute Gasteiger partial charge is 0.133 e. The van der Waals surface area contributed by atoms with Gasteiger partial charge in [-0.25, -0.2) is 0 Å². The third-order valence-electron chi connectivity index (χ3n) is 0.204. The molecule has 0 atom stereocenters. The molecule has 0 spiro atoms. The van der Waals surface area contributed by atoms with Gasteiger partial charge in [-0.1, -0.05) is 19.6 Å². The van der Waals surface area contributed by atoms with Gasteiger partial charge in [0, 0.05) is 0 Å². The quantitative estimate of drug-likeness (QED) is 0.344. The summed E-state index contributed by atoms with van der Waals surface area (Å²) >= 11 is 0. The van der Waals surface area contributed by atoms with Crippen LogP contribution in [0.15, 0.2) is 30.5 Å². The minimum Gasteiger partial charge on any atom is -0.133 e. The molecular formula is C9H18. The highest BCUT2D eigenvalue weighted by Gasteiger charge is 1.51. The standard InChI is InChI=1S/C4H8.C4H6.CH4/c1-4(2)3;1-3-4-2;/h1H2,2-3H3;4H,1H2,2H3;1H4. The predicted molar refractivity (Wildman–Crippen MR) is 46.6 cm³/mol. The lowest BCUT2D eigenvalue weighted by Crippen LogP contribution is -1.43. The highest BCUT2D eigenvalue weighted by atomic mass is 13.6. The van der Waals surface area contributed by atoms with E-state index in [0.717, 1.165) is 0 Å². The summed E-state index contributed by atoms with van der Waals surface area (Å²) in [4.78, 5) is 0. The van der Waals surface area contributed by atoms with E-state index in [9.17, 15) is 0 Å². The van der Waals surface area contributed by atoms with Crippen LogP contribution in [-0.2, 0) is 0 Å². The molecule has 0 aliphatic heterocycles. The van der Waals surface area contributed by atoms with Gasteiger partial charge in [0.1, 0.15) is 0 Å². The van der Waals surface area contributed by atoms with E-state index >= 15 is 0 Å². The third kappa shape index (κ3) is 2970. The summed E-state index contributed by atoms with van der Waals surface area (Å²) in [6.07, 6.45) is 1.76. The molecule has 0 fully saturated rings. The number of allylic oxidation sites excluding steroid dienone is 2. The van der Waals surface area contributed by atoms with E-state index in [0.29, 0.717) is 0 Å². The fraction of sp³-hybridized carbons (Fsp3) is 0.444. The summed E-state index contributed by atoms with van der Waals surface area (Å²) in [6, 6.07) is 0. The minimum absolute atomic E-state index is 0. The lowest BCUT2D eigenvalue weighted by Gasteiger charge is -1.65. The molecule has 0 bridgehead atoms. The van der Waals surface area contributed by atoms with Crippen molar-refractivity contribution in [2.24, 2.45) is 0 Å². The highest BCUT2D eigenvalue weighted by Crippen LogP contribution is 1.73. The van der Waals surface area contributed by atoms with Gasteiger partial charge in [0.2, 0.25) is 0 Å². The van der Waals surface area contributed by atoms with Gasteiger partial charge in [0.05, 0.1) is 0 Å². The van der Waals surface area contributed by atoms with Crippen molar-refractivity contribution in [2.75, 3.05) is 0 Å². The first-order chi connectivity index (χ1) is 3.65. The Labute approximate surface area is 59.6 Å². The van der Waals surface area contributed by atoms with Crippen LogP contribution in [0.25, 0.3) is 0 Å². The van der Waals surface area contributed by atoms with Crippen LogP contribution in [0.4, 0.5) is 0 Å². The molecule has 0 aromatic rings. The van der Waals surface area contributed by atoms with Crippen LogP contribution in [-0.4, -0.2) is 0 Å². The Balaban J connectivity index is -0.0000000720. The maximum Gasteiger partial charge on any atom is -0.0393 e. The molecule has 0 rings (SSSR count). The predicted octanol–water partition coefficient (Wildman–Crippen LogP) is 3.57. The van der Waals surface area contributed by atoms with Gasteiger partial charge < -0.3 is 0 Å². The van der Waals surface area contributed by atoms with Crippen molar-refractivity contribution in [2.45, 2.75) is 28.2 Å². The van der Waals surface area contributed by atoms with Crippen molar-refractivity contribution >= 4 is 0 Å². The lowest BCUT2D eigenvalue weighted by molar-refractivity contribution is 1.42. The fourth-order valence-corrected chi connectivity index (χ4v) is 0. The molecule has 0 unspecified atom stereocenters. The van der Waals surface area contributed by atoms with Gasteiger partial charge in [-0.15, -0.1) is 12.3 Å². The first-order valence-electron chi connectivity index (χ1n) is 2.57. The normalized spacial score (nSPS) is 4.78. The second-order valence-electron chi connectivity index (χ2n) is 1.70. The summed E-state index contributed by atoms with van der Waals surface area (Å²) in [6.45, 7) is 12.7. The summed E-state index contributed by atoms with van der Waals surface area (Å²) < 4.78 is 0. The van der Waals surface area contributed by atoms with Gasteiger partial charge in [-0.2, -0.15) is 0 Å². The van der Waals surface area contributed by atoms with Crippen molar-refractivity contribution in [3.63, 3.8) is 0 Å². The zero-order chi connectivity index (χ0) is 6.99. The van der Waals surface area contributed by atoms with Crippen molar-refractivity contribution in [1.29, 1.82) is 0 Å². The molecule has 0 heterocycles. The second kappa shape index (κ2) is 15.7. The third-order valence-corrected chi connectivity index (χ3v) is 0.204. The SMILES string of the molecule is C.C=C(C)C.C=C=CC. The molecule has 0 aliphatic rings. The molecule has 0 heteroatoms. The summed E-state index contributed by atoms with van der Waals surface area (Å²) in [5.41, 5.74) is 3.72. The lowest BCUT2D eigenvalue weighted by atomic mass is 10.4. The number of hydrogen-bond acceptors (Lipinski definition) is 0. The van der Waals surface area contributed by atoms with Crippen LogP contribution in [0, 0.1) is 0 Å². The van der Waals surface area contributed by atoms with E-state index in [-0.39, 0.29) is 7.43 Å². The molecule has 0 aromatic heterocycles. The highest BCUT2D eigenvalue weighted by molar-refractivity contribution is 4.78. The maximum atomic E-state index is 3.56. The van der Waals surface area contributed by atoms with Crippen LogP contribution in [0.5, 0.6) is 0 Å². The monoisotopic (exact) mass is 126 g/mol. The number of hydrogen-bond donors (Lipinski definition) is 0. The summed E-state index contributed by atoms with van der Waals surface area (Å²) in [7, 11) is 0. The molecule has 0 N–H and O–H groups in total. The Hall–Kier alpha value is -0.740. The molecule has 0 nitrogen and oxygen atoms in total. The first kappa shape index (κ1) is 15.7. The van der Waals surface area contributed by atoms with Crippen LogP contribution < -0.4 is 0 Å². The Kier molecular flexibility index (Phi) is 27.4. The molecule has 0 amide bonds. The summed E-state index contributed by atoms with van der Waals surface area (Å²) in [5, 5.41) is 0. The fourth-order valence-electron chi connectivity index (χ4n) is 0. The van der Waals surface area contributed by atoms with E-state index in [1.54, 1.807) is 6.08 Å². The Morgan fingerprint density at radius 3 is 1.56 bits per heavy atom. The topological polar surface area (TPSA) is 0 Å². The molecule has 54 valence electrons.